The largest absolute Gasteiger partial charge is 0.481 e. The first-order valence-electron chi connectivity index (χ1n) is 6.22. The Balaban J connectivity index is 2.24. The second kappa shape index (κ2) is 7.45. The van der Waals surface area contributed by atoms with Gasteiger partial charge in [0, 0.05) is 20.0 Å². The lowest BCUT2D eigenvalue weighted by Gasteiger charge is -2.18. The van der Waals surface area contributed by atoms with Crippen molar-refractivity contribution in [3.8, 4) is 0 Å². The second-order valence-electron chi connectivity index (χ2n) is 4.66. The van der Waals surface area contributed by atoms with E-state index in [1.54, 1.807) is 25.4 Å². The number of carboxylic acids is 1. The minimum Gasteiger partial charge on any atom is -0.481 e. The number of carbonyl (C=O) groups is 2. The van der Waals surface area contributed by atoms with Gasteiger partial charge in [-0.15, -0.1) is 0 Å². The molecule has 0 aliphatic rings. The number of furan rings is 1. The van der Waals surface area contributed by atoms with E-state index >= 15 is 0 Å². The summed E-state index contributed by atoms with van der Waals surface area (Å²) in [6, 6.07) is 3.38. The highest BCUT2D eigenvalue weighted by atomic mass is 16.4. The predicted octanol–water partition coefficient (Wildman–Crippen LogP) is 1.92. The minimum atomic E-state index is -0.812. The van der Waals surface area contributed by atoms with Crippen molar-refractivity contribution >= 4 is 12.0 Å². The highest BCUT2D eigenvalue weighted by Gasteiger charge is 2.12. The Morgan fingerprint density at radius 3 is 2.84 bits per heavy atom. The van der Waals surface area contributed by atoms with Gasteiger partial charge in [0.15, 0.2) is 0 Å². The number of nitrogens with one attached hydrogen (secondary N) is 1. The highest BCUT2D eigenvalue weighted by Crippen LogP contribution is 2.06. The van der Waals surface area contributed by atoms with Gasteiger partial charge in [-0.05, 0) is 24.5 Å². The van der Waals surface area contributed by atoms with E-state index in [1.165, 1.54) is 4.90 Å². The van der Waals surface area contributed by atoms with E-state index in [0.29, 0.717) is 19.5 Å². The number of carboxylic acid groups (broad SMARTS) is 1. The maximum Gasteiger partial charge on any atom is 0.317 e. The van der Waals surface area contributed by atoms with Crippen molar-refractivity contribution in [1.82, 2.24) is 10.2 Å². The highest BCUT2D eigenvalue weighted by molar-refractivity contribution is 5.73. The molecule has 0 bridgehead atoms. The molecule has 0 spiro atoms. The topological polar surface area (TPSA) is 82.8 Å². The van der Waals surface area contributed by atoms with Crippen molar-refractivity contribution in [2.24, 2.45) is 5.92 Å². The number of urea groups is 1. The van der Waals surface area contributed by atoms with Crippen LogP contribution in [0.15, 0.2) is 22.8 Å². The van der Waals surface area contributed by atoms with Gasteiger partial charge in [-0.2, -0.15) is 0 Å². The first kappa shape index (κ1) is 15.1. The first-order valence-corrected chi connectivity index (χ1v) is 6.22. The van der Waals surface area contributed by atoms with Gasteiger partial charge in [-0.3, -0.25) is 4.79 Å². The van der Waals surface area contributed by atoms with Crippen LogP contribution in [-0.4, -0.2) is 35.6 Å². The van der Waals surface area contributed by atoms with E-state index in [9.17, 15) is 9.59 Å². The van der Waals surface area contributed by atoms with E-state index in [4.69, 9.17) is 9.52 Å². The molecule has 1 rings (SSSR count). The summed E-state index contributed by atoms with van der Waals surface area (Å²) >= 11 is 0. The Kier molecular flexibility index (Phi) is 5.92. The molecule has 1 heterocycles. The molecule has 0 aromatic carbocycles. The van der Waals surface area contributed by atoms with Gasteiger partial charge in [-0.25, -0.2) is 4.79 Å². The summed E-state index contributed by atoms with van der Waals surface area (Å²) < 4.78 is 5.16. The number of nitrogens with zero attached hydrogens (tertiary/aromatic N) is 1. The molecule has 2 N–H and O–H groups in total. The molecule has 6 heteroatoms. The van der Waals surface area contributed by atoms with Crippen LogP contribution in [0.2, 0.25) is 0 Å². The fraction of sp³-hybridized carbons (Fsp3) is 0.538. The molecule has 0 aliphatic carbocycles. The van der Waals surface area contributed by atoms with E-state index in [0.717, 1.165) is 5.76 Å². The molecule has 106 valence electrons. The molecule has 0 aliphatic heterocycles. The van der Waals surface area contributed by atoms with E-state index < -0.39 is 5.97 Å². The molecule has 1 aromatic heterocycles. The molecule has 6 nitrogen and oxygen atoms in total. The Morgan fingerprint density at radius 1 is 1.53 bits per heavy atom. The fourth-order valence-electron chi connectivity index (χ4n) is 1.58. The van der Waals surface area contributed by atoms with Gasteiger partial charge in [-0.1, -0.05) is 6.92 Å². The van der Waals surface area contributed by atoms with Crippen LogP contribution in [0.3, 0.4) is 0 Å². The SMILES string of the molecule is CC(CCC(=O)O)CNC(=O)N(C)Cc1ccco1. The normalized spacial score (nSPS) is 11.9. The number of rotatable bonds is 7. The molecule has 0 fully saturated rings. The van der Waals surface area contributed by atoms with Gasteiger partial charge >= 0.3 is 12.0 Å². The third-order valence-corrected chi connectivity index (χ3v) is 2.77. The van der Waals surface area contributed by atoms with Crippen LogP contribution >= 0.6 is 0 Å². The maximum atomic E-state index is 11.8. The van der Waals surface area contributed by atoms with Crippen LogP contribution < -0.4 is 5.32 Å². The van der Waals surface area contributed by atoms with Crippen LogP contribution in [0, 0.1) is 5.92 Å². The summed E-state index contributed by atoms with van der Waals surface area (Å²) in [5.41, 5.74) is 0. The molecule has 1 atom stereocenters. The quantitative estimate of drug-likeness (QED) is 0.791. The lowest BCUT2D eigenvalue weighted by atomic mass is 10.1. The Morgan fingerprint density at radius 2 is 2.26 bits per heavy atom. The van der Waals surface area contributed by atoms with Gasteiger partial charge in [0.25, 0.3) is 0 Å². The standard InChI is InChI=1S/C13H20N2O4/c1-10(5-6-12(16)17)8-14-13(18)15(2)9-11-4-3-7-19-11/h3-4,7,10H,5-6,8-9H2,1-2H3,(H,14,18)(H,16,17). The minimum absolute atomic E-state index is 0.124. The van der Waals surface area contributed by atoms with Crippen LogP contribution in [-0.2, 0) is 11.3 Å². The molecule has 1 unspecified atom stereocenters. The van der Waals surface area contributed by atoms with Crippen LogP contribution in [0.4, 0.5) is 4.79 Å². The summed E-state index contributed by atoms with van der Waals surface area (Å²) in [7, 11) is 1.68. The molecule has 2 amide bonds. The molecule has 0 saturated carbocycles. The van der Waals surface area contributed by atoms with Crippen molar-refractivity contribution in [3.05, 3.63) is 24.2 Å². The number of hydrogen-bond donors (Lipinski definition) is 2. The zero-order valence-electron chi connectivity index (χ0n) is 11.3. The molecule has 1 aromatic rings. The zero-order chi connectivity index (χ0) is 14.3. The van der Waals surface area contributed by atoms with Gasteiger partial charge < -0.3 is 19.7 Å². The van der Waals surface area contributed by atoms with Crippen LogP contribution in [0.25, 0.3) is 0 Å². The monoisotopic (exact) mass is 268 g/mol. The van der Waals surface area contributed by atoms with Gasteiger partial charge in [0.1, 0.15) is 5.76 Å². The Hall–Kier alpha value is -1.98. The summed E-state index contributed by atoms with van der Waals surface area (Å²) in [4.78, 5) is 23.7. The molecular weight excluding hydrogens is 248 g/mol. The predicted molar refractivity (Wildman–Crippen MR) is 69.6 cm³/mol. The lowest BCUT2D eigenvalue weighted by molar-refractivity contribution is -0.137. The van der Waals surface area contributed by atoms with Crippen LogP contribution in [0.5, 0.6) is 0 Å². The van der Waals surface area contributed by atoms with Crippen molar-refractivity contribution < 1.29 is 19.1 Å². The fourth-order valence-corrected chi connectivity index (χ4v) is 1.58. The van der Waals surface area contributed by atoms with Crippen molar-refractivity contribution in [2.75, 3.05) is 13.6 Å². The number of aliphatic carboxylic acids is 1. The van der Waals surface area contributed by atoms with Gasteiger partial charge in [0.05, 0.1) is 12.8 Å². The second-order valence-corrected chi connectivity index (χ2v) is 4.66. The molecule has 19 heavy (non-hydrogen) atoms. The van der Waals surface area contributed by atoms with E-state index in [-0.39, 0.29) is 18.4 Å². The Bertz CT molecular complexity index is 403. The Labute approximate surface area is 112 Å². The number of amides is 2. The summed E-state index contributed by atoms with van der Waals surface area (Å²) in [6.07, 6.45) is 2.24. The van der Waals surface area contributed by atoms with Crippen LogP contribution in [0.1, 0.15) is 25.5 Å². The molecule has 0 saturated heterocycles. The maximum absolute atomic E-state index is 11.8. The lowest BCUT2D eigenvalue weighted by Crippen LogP contribution is -2.38. The average Bonchev–Trinajstić information content (AvgIpc) is 2.86. The zero-order valence-corrected chi connectivity index (χ0v) is 11.3. The van der Waals surface area contributed by atoms with Crippen molar-refractivity contribution in [3.63, 3.8) is 0 Å². The molecule has 0 radical (unpaired) electrons. The summed E-state index contributed by atoms with van der Waals surface area (Å²) in [6.45, 7) is 2.78. The number of hydrogen-bond acceptors (Lipinski definition) is 3. The number of carbonyl (C=O) groups excluding carboxylic acids is 1. The first-order chi connectivity index (χ1) is 8.99. The van der Waals surface area contributed by atoms with E-state index in [2.05, 4.69) is 5.32 Å². The third-order valence-electron chi connectivity index (χ3n) is 2.77. The third kappa shape index (κ3) is 5.94. The smallest absolute Gasteiger partial charge is 0.317 e. The van der Waals surface area contributed by atoms with Crippen molar-refractivity contribution in [1.29, 1.82) is 0 Å². The summed E-state index contributed by atoms with van der Waals surface area (Å²) in [5.74, 6) is 0.0433. The van der Waals surface area contributed by atoms with Gasteiger partial charge in [0.2, 0.25) is 0 Å². The molecular formula is C13H20N2O4. The van der Waals surface area contributed by atoms with Crippen molar-refractivity contribution in [2.45, 2.75) is 26.3 Å². The van der Waals surface area contributed by atoms with E-state index in [1.807, 2.05) is 6.92 Å². The average molecular weight is 268 g/mol. The summed E-state index contributed by atoms with van der Waals surface area (Å²) in [5, 5.41) is 11.3.